The van der Waals surface area contributed by atoms with Crippen LogP contribution in [0.1, 0.15) is 39.7 Å². The van der Waals surface area contributed by atoms with Gasteiger partial charge in [-0.15, -0.1) is 4.72 Å². The predicted molar refractivity (Wildman–Crippen MR) is 83.5 cm³/mol. The highest BCUT2D eigenvalue weighted by atomic mass is 32.2. The van der Waals surface area contributed by atoms with Crippen LogP contribution < -0.4 is 9.46 Å². The Morgan fingerprint density at radius 3 is 2.60 bits per heavy atom. The van der Waals surface area contributed by atoms with Crippen molar-refractivity contribution >= 4 is 11.4 Å². The second-order valence-electron chi connectivity index (χ2n) is 5.94. The van der Waals surface area contributed by atoms with Gasteiger partial charge in [-0.25, -0.2) is 0 Å². The molecule has 0 bridgehead atoms. The molecule has 1 aromatic rings. The molecule has 0 fully saturated rings. The van der Waals surface area contributed by atoms with E-state index in [4.69, 9.17) is 4.74 Å². The van der Waals surface area contributed by atoms with Crippen molar-refractivity contribution in [1.29, 1.82) is 0 Å². The highest BCUT2D eigenvalue weighted by molar-refractivity contribution is 7.90. The van der Waals surface area contributed by atoms with Crippen molar-refractivity contribution in [1.82, 2.24) is 4.72 Å². The van der Waals surface area contributed by atoms with Crippen LogP contribution in [0, 0.1) is 0 Å². The molecule has 2 N–H and O–H groups in total. The predicted octanol–water partition coefficient (Wildman–Crippen LogP) is 2.77. The van der Waals surface area contributed by atoms with Crippen LogP contribution in [0.2, 0.25) is 0 Å². The van der Waals surface area contributed by atoms with Crippen LogP contribution in [0.4, 0.5) is 0 Å². The fourth-order valence-corrected chi connectivity index (χ4v) is 2.52. The first-order valence-corrected chi connectivity index (χ1v) is 7.93. The zero-order valence-electron chi connectivity index (χ0n) is 12.9. The van der Waals surface area contributed by atoms with Crippen LogP contribution >= 0.6 is 0 Å². The summed E-state index contributed by atoms with van der Waals surface area (Å²) in [5.74, 6) is 0.637. The molecule has 5 heteroatoms. The van der Waals surface area contributed by atoms with Crippen LogP contribution in [0.15, 0.2) is 18.2 Å². The summed E-state index contributed by atoms with van der Waals surface area (Å²) in [7, 11) is 1.54. The molecule has 20 heavy (non-hydrogen) atoms. The Labute approximate surface area is 124 Å². The number of nitrogens with one attached hydrogen (secondary N) is 1. The van der Waals surface area contributed by atoms with Crippen LogP contribution in [0.25, 0.3) is 0 Å². The van der Waals surface area contributed by atoms with E-state index in [9.17, 15) is 9.66 Å². The first-order chi connectivity index (χ1) is 9.24. The summed E-state index contributed by atoms with van der Waals surface area (Å²) >= 11 is -1.05. The maximum atomic E-state index is 12.0. The van der Waals surface area contributed by atoms with Gasteiger partial charge >= 0.3 is 0 Å². The molecule has 4 nitrogen and oxygen atoms in total. The minimum Gasteiger partial charge on any atom is -0.598 e. The smallest absolute Gasteiger partial charge is 0.160 e. The van der Waals surface area contributed by atoms with Gasteiger partial charge in [0.2, 0.25) is 0 Å². The second-order valence-corrected chi connectivity index (χ2v) is 7.94. The van der Waals surface area contributed by atoms with Crippen molar-refractivity contribution in [3.63, 3.8) is 0 Å². The van der Waals surface area contributed by atoms with E-state index >= 15 is 0 Å². The fraction of sp³-hybridized carbons (Fsp3) is 0.600. The number of benzene rings is 1. The molecule has 0 saturated heterocycles. The van der Waals surface area contributed by atoms with Crippen LogP contribution in [-0.4, -0.2) is 27.6 Å². The molecule has 2 atom stereocenters. The molecule has 0 amide bonds. The standard InChI is InChI=1S/C15H25NO3S/c1-11(16-20(18)15(2,3)4)6-7-12-8-9-13(17)14(10-12)19-5/h8-11,16-17H,6-7H2,1-5H3/t11-,20?/m1/s1. The van der Waals surface area contributed by atoms with Gasteiger partial charge in [0, 0.05) is 11.4 Å². The Hall–Kier alpha value is -0.910. The van der Waals surface area contributed by atoms with Crippen molar-refractivity contribution in [3.05, 3.63) is 23.8 Å². The second kappa shape index (κ2) is 7.20. The van der Waals surface area contributed by atoms with Gasteiger partial charge in [0.25, 0.3) is 0 Å². The van der Waals surface area contributed by atoms with Gasteiger partial charge in [-0.05, 0) is 58.2 Å². The Morgan fingerprint density at radius 1 is 1.40 bits per heavy atom. The molecule has 1 rings (SSSR count). The molecule has 0 spiro atoms. The highest BCUT2D eigenvalue weighted by Gasteiger charge is 2.27. The Bertz CT molecular complexity index is 432. The third-order valence-corrected chi connectivity index (χ3v) is 4.70. The fourth-order valence-electron chi connectivity index (χ4n) is 1.68. The number of hydrogen-bond acceptors (Lipinski definition) is 4. The lowest BCUT2D eigenvalue weighted by Gasteiger charge is -2.26. The summed E-state index contributed by atoms with van der Waals surface area (Å²) in [4.78, 5) is 0. The molecule has 114 valence electrons. The molecular weight excluding hydrogens is 274 g/mol. The average Bonchev–Trinajstić information content (AvgIpc) is 2.36. The number of aromatic hydroxyl groups is 1. The minimum absolute atomic E-state index is 0.149. The molecule has 0 aromatic heterocycles. The largest absolute Gasteiger partial charge is 0.598 e. The van der Waals surface area contributed by atoms with E-state index in [1.807, 2.05) is 39.8 Å². The quantitative estimate of drug-likeness (QED) is 0.793. The molecule has 0 aliphatic heterocycles. The van der Waals surface area contributed by atoms with E-state index in [-0.39, 0.29) is 16.5 Å². The Morgan fingerprint density at radius 2 is 2.05 bits per heavy atom. The number of hydrogen-bond donors (Lipinski definition) is 2. The monoisotopic (exact) mass is 299 g/mol. The van der Waals surface area contributed by atoms with E-state index in [2.05, 4.69) is 4.72 Å². The summed E-state index contributed by atoms with van der Waals surface area (Å²) in [5.41, 5.74) is 1.09. The molecule has 1 unspecified atom stereocenters. The summed E-state index contributed by atoms with van der Waals surface area (Å²) in [6.07, 6.45) is 1.71. The number of methoxy groups -OCH3 is 1. The van der Waals surface area contributed by atoms with E-state index in [1.54, 1.807) is 6.07 Å². The minimum atomic E-state index is -1.05. The number of ether oxygens (including phenoxy) is 1. The summed E-state index contributed by atoms with van der Waals surface area (Å²) < 4.78 is 19.9. The molecular formula is C15H25NO3S. The van der Waals surface area contributed by atoms with E-state index < -0.39 is 11.4 Å². The lowest BCUT2D eigenvalue weighted by atomic mass is 10.1. The number of phenolic OH excluding ortho intramolecular Hbond substituents is 1. The van der Waals surface area contributed by atoms with Crippen LogP contribution in [0.3, 0.4) is 0 Å². The lowest BCUT2D eigenvalue weighted by Crippen LogP contribution is -2.43. The molecule has 1 aromatic carbocycles. The summed E-state index contributed by atoms with van der Waals surface area (Å²) in [6, 6.07) is 5.52. The molecule has 0 radical (unpaired) electrons. The topological polar surface area (TPSA) is 64.5 Å². The maximum absolute atomic E-state index is 12.0. The van der Waals surface area contributed by atoms with Gasteiger partial charge in [-0.1, -0.05) is 6.07 Å². The van der Waals surface area contributed by atoms with Crippen molar-refractivity contribution in [3.8, 4) is 11.5 Å². The zero-order valence-corrected chi connectivity index (χ0v) is 13.7. The lowest BCUT2D eigenvalue weighted by molar-refractivity contribution is 0.373. The number of phenols is 1. The maximum Gasteiger partial charge on any atom is 0.160 e. The van der Waals surface area contributed by atoms with Crippen molar-refractivity contribution in [2.45, 2.75) is 51.3 Å². The molecule has 0 aliphatic carbocycles. The molecule has 0 aliphatic rings. The van der Waals surface area contributed by atoms with Crippen LogP contribution in [-0.2, 0) is 17.8 Å². The van der Waals surface area contributed by atoms with Crippen molar-refractivity contribution < 1.29 is 14.4 Å². The summed E-state index contributed by atoms with van der Waals surface area (Å²) in [6.45, 7) is 7.89. The zero-order chi connectivity index (χ0) is 15.3. The molecule has 0 heterocycles. The normalized spacial score (nSPS) is 14.9. The Kier molecular flexibility index (Phi) is 6.17. The highest BCUT2D eigenvalue weighted by Crippen LogP contribution is 2.27. The van der Waals surface area contributed by atoms with Crippen LogP contribution in [0.5, 0.6) is 11.5 Å². The molecule has 0 saturated carbocycles. The van der Waals surface area contributed by atoms with Gasteiger partial charge in [0.05, 0.1) is 13.2 Å². The summed E-state index contributed by atoms with van der Waals surface area (Å²) in [5, 5.41) is 9.54. The third kappa shape index (κ3) is 5.23. The van der Waals surface area contributed by atoms with Gasteiger partial charge in [-0.3, -0.25) is 0 Å². The van der Waals surface area contributed by atoms with Gasteiger partial charge in [0.15, 0.2) is 11.5 Å². The van der Waals surface area contributed by atoms with Crippen molar-refractivity contribution in [2.75, 3.05) is 7.11 Å². The first-order valence-electron chi connectivity index (χ1n) is 6.78. The third-order valence-electron chi connectivity index (χ3n) is 2.97. The van der Waals surface area contributed by atoms with Gasteiger partial charge < -0.3 is 14.4 Å². The Balaban J connectivity index is 2.51. The van der Waals surface area contributed by atoms with E-state index in [1.165, 1.54) is 7.11 Å². The van der Waals surface area contributed by atoms with Gasteiger partial charge in [0.1, 0.15) is 4.75 Å². The number of rotatable bonds is 6. The van der Waals surface area contributed by atoms with Gasteiger partial charge in [-0.2, -0.15) is 0 Å². The van der Waals surface area contributed by atoms with E-state index in [0.29, 0.717) is 5.75 Å². The van der Waals surface area contributed by atoms with E-state index in [0.717, 1.165) is 18.4 Å². The average molecular weight is 299 g/mol. The SMILES string of the molecule is COc1cc(CC[C@@H](C)N[S+]([O-])C(C)(C)C)ccc1O. The van der Waals surface area contributed by atoms with Crippen molar-refractivity contribution in [2.24, 2.45) is 0 Å². The number of aryl methyl sites for hydroxylation is 1. The first kappa shape index (κ1) is 17.1.